The number of carbonyl (C=O) groups is 1. The van der Waals surface area contributed by atoms with E-state index in [0.29, 0.717) is 30.1 Å². The van der Waals surface area contributed by atoms with E-state index >= 15 is 0 Å². The van der Waals surface area contributed by atoms with Crippen molar-refractivity contribution in [3.8, 4) is 0 Å². The average Bonchev–Trinajstić information content (AvgIpc) is 3.36. The third-order valence-corrected chi connectivity index (χ3v) is 7.64. The van der Waals surface area contributed by atoms with Crippen LogP contribution in [0.1, 0.15) is 28.1 Å². The first-order valence-corrected chi connectivity index (χ1v) is 11.6. The lowest BCUT2D eigenvalue weighted by molar-refractivity contribution is -0.114. The number of nitrogens with zero attached hydrogens (tertiary/aromatic N) is 1. The van der Waals surface area contributed by atoms with Gasteiger partial charge in [0.05, 0.1) is 0 Å². The predicted molar refractivity (Wildman–Crippen MR) is 112 cm³/mol. The zero-order chi connectivity index (χ0) is 20.1. The molecule has 1 amide bonds. The van der Waals surface area contributed by atoms with Gasteiger partial charge in [-0.1, -0.05) is 11.2 Å². The summed E-state index contributed by atoms with van der Waals surface area (Å²) in [6.45, 7) is 3.48. The molecule has 0 saturated carbocycles. The highest BCUT2D eigenvalue weighted by molar-refractivity contribution is 7.91. The van der Waals surface area contributed by atoms with Gasteiger partial charge in [-0.05, 0) is 49.1 Å². The second kappa shape index (κ2) is 8.82. The van der Waals surface area contributed by atoms with Crippen LogP contribution in [-0.4, -0.2) is 26.0 Å². The van der Waals surface area contributed by atoms with Crippen molar-refractivity contribution < 1.29 is 17.7 Å². The van der Waals surface area contributed by atoms with E-state index in [-0.39, 0.29) is 10.1 Å². The van der Waals surface area contributed by atoms with Crippen LogP contribution in [0.5, 0.6) is 0 Å². The SMILES string of the molecule is CC(=O)Nc1c(C)noc1C=Cc1ccc(S(=O)(=O)NCCc2cccs2)s1. The summed E-state index contributed by atoms with van der Waals surface area (Å²) in [5.74, 6) is 0.179. The van der Waals surface area contributed by atoms with Crippen molar-refractivity contribution in [3.05, 3.63) is 50.9 Å². The van der Waals surface area contributed by atoms with Gasteiger partial charge >= 0.3 is 0 Å². The van der Waals surface area contributed by atoms with Gasteiger partial charge in [0.1, 0.15) is 15.6 Å². The first-order chi connectivity index (χ1) is 13.3. The van der Waals surface area contributed by atoms with Gasteiger partial charge in [0.15, 0.2) is 5.76 Å². The highest BCUT2D eigenvalue weighted by Gasteiger charge is 2.16. The molecule has 0 saturated heterocycles. The first kappa shape index (κ1) is 20.5. The molecule has 3 aromatic rings. The molecule has 7 nitrogen and oxygen atoms in total. The maximum Gasteiger partial charge on any atom is 0.250 e. The number of aromatic nitrogens is 1. The van der Waals surface area contributed by atoms with E-state index in [1.165, 1.54) is 6.92 Å². The number of carbonyl (C=O) groups excluding carboxylic acids is 1. The van der Waals surface area contributed by atoms with Gasteiger partial charge in [-0.3, -0.25) is 4.79 Å². The van der Waals surface area contributed by atoms with Gasteiger partial charge in [-0.25, -0.2) is 13.1 Å². The van der Waals surface area contributed by atoms with Crippen LogP contribution >= 0.6 is 22.7 Å². The Morgan fingerprint density at radius 1 is 1.29 bits per heavy atom. The quantitative estimate of drug-likeness (QED) is 0.559. The Labute approximate surface area is 171 Å². The molecule has 0 spiro atoms. The Morgan fingerprint density at radius 2 is 2.11 bits per heavy atom. The van der Waals surface area contributed by atoms with E-state index in [2.05, 4.69) is 15.2 Å². The first-order valence-electron chi connectivity index (χ1n) is 8.39. The predicted octanol–water partition coefficient (Wildman–Crippen LogP) is 3.76. The molecular formula is C18H19N3O4S3. The standard InChI is InChI=1S/C18H19N3O4S3/c1-12-18(20-13(2)22)16(25-21-12)7-5-15-6-8-17(27-15)28(23,24)19-10-9-14-4-3-11-26-14/h3-8,11,19H,9-10H2,1-2H3,(H,20,22). The van der Waals surface area contributed by atoms with E-state index in [0.717, 1.165) is 21.1 Å². The molecule has 2 N–H and O–H groups in total. The monoisotopic (exact) mass is 437 g/mol. The second-order valence-corrected chi connectivity index (χ2v) is 10.0. The number of anilines is 1. The Morgan fingerprint density at radius 3 is 2.82 bits per heavy atom. The molecule has 3 rings (SSSR count). The zero-order valence-corrected chi connectivity index (χ0v) is 17.7. The van der Waals surface area contributed by atoms with E-state index in [4.69, 9.17) is 4.52 Å². The number of amides is 1. The second-order valence-electron chi connectivity index (χ2n) is 5.91. The molecule has 0 atom stereocenters. The summed E-state index contributed by atoms with van der Waals surface area (Å²) in [5.41, 5.74) is 1.07. The molecular weight excluding hydrogens is 418 g/mol. The summed E-state index contributed by atoms with van der Waals surface area (Å²) in [6, 6.07) is 7.21. The Kier molecular flexibility index (Phi) is 6.45. The topological polar surface area (TPSA) is 101 Å². The minimum Gasteiger partial charge on any atom is -0.354 e. The highest BCUT2D eigenvalue weighted by atomic mass is 32.2. The molecule has 28 heavy (non-hydrogen) atoms. The molecule has 3 aromatic heterocycles. The number of sulfonamides is 1. The van der Waals surface area contributed by atoms with Crippen LogP contribution in [-0.2, 0) is 21.2 Å². The zero-order valence-electron chi connectivity index (χ0n) is 15.3. The van der Waals surface area contributed by atoms with Gasteiger partial charge in [-0.15, -0.1) is 22.7 Å². The lowest BCUT2D eigenvalue weighted by atomic mass is 10.2. The van der Waals surface area contributed by atoms with Crippen molar-refractivity contribution in [2.75, 3.05) is 11.9 Å². The summed E-state index contributed by atoms with van der Waals surface area (Å²) in [5, 5.41) is 8.48. The van der Waals surface area contributed by atoms with E-state index in [1.54, 1.807) is 42.5 Å². The summed E-state index contributed by atoms with van der Waals surface area (Å²) in [4.78, 5) is 13.2. The number of thiophene rings is 2. The van der Waals surface area contributed by atoms with Gasteiger partial charge in [0, 0.05) is 23.2 Å². The third kappa shape index (κ3) is 5.16. The van der Waals surface area contributed by atoms with Crippen LogP contribution in [0.3, 0.4) is 0 Å². The van der Waals surface area contributed by atoms with E-state index < -0.39 is 10.0 Å². The van der Waals surface area contributed by atoms with Gasteiger partial charge in [0.2, 0.25) is 15.9 Å². The highest BCUT2D eigenvalue weighted by Crippen LogP contribution is 2.26. The maximum atomic E-state index is 12.4. The van der Waals surface area contributed by atoms with Gasteiger partial charge in [0.25, 0.3) is 0 Å². The molecule has 3 heterocycles. The molecule has 0 bridgehead atoms. The number of hydrogen-bond acceptors (Lipinski definition) is 7. The summed E-state index contributed by atoms with van der Waals surface area (Å²) in [7, 11) is -3.55. The van der Waals surface area contributed by atoms with E-state index in [1.807, 2.05) is 17.5 Å². The fraction of sp³-hybridized carbons (Fsp3) is 0.222. The normalized spacial score (nSPS) is 11.9. The van der Waals surface area contributed by atoms with E-state index in [9.17, 15) is 13.2 Å². The van der Waals surface area contributed by atoms with Crippen molar-refractivity contribution in [1.29, 1.82) is 0 Å². The van der Waals surface area contributed by atoms with Crippen molar-refractivity contribution in [1.82, 2.24) is 9.88 Å². The molecule has 0 aromatic carbocycles. The minimum absolute atomic E-state index is 0.223. The Bertz CT molecular complexity index is 1080. The Hall–Kier alpha value is -2.27. The van der Waals surface area contributed by atoms with Crippen LogP contribution in [0.2, 0.25) is 0 Å². The van der Waals surface area contributed by atoms with Gasteiger partial charge in [-0.2, -0.15) is 0 Å². The fourth-order valence-corrected chi connectivity index (χ4v) is 5.40. The van der Waals surface area contributed by atoms with Crippen LogP contribution in [0.25, 0.3) is 12.2 Å². The lowest BCUT2D eigenvalue weighted by Gasteiger charge is -2.03. The summed E-state index contributed by atoms with van der Waals surface area (Å²) in [6.07, 6.45) is 4.03. The molecule has 10 heteroatoms. The Balaban J connectivity index is 1.66. The number of hydrogen-bond donors (Lipinski definition) is 2. The minimum atomic E-state index is -3.55. The van der Waals surface area contributed by atoms with Crippen molar-refractivity contribution in [2.24, 2.45) is 0 Å². The molecule has 0 aliphatic rings. The third-order valence-electron chi connectivity index (χ3n) is 3.70. The molecule has 0 aliphatic carbocycles. The van der Waals surface area contributed by atoms with Crippen molar-refractivity contribution >= 4 is 56.4 Å². The van der Waals surface area contributed by atoms with Crippen LogP contribution in [0.15, 0.2) is 38.4 Å². The van der Waals surface area contributed by atoms with Crippen LogP contribution in [0, 0.1) is 6.92 Å². The fourth-order valence-electron chi connectivity index (χ4n) is 2.39. The van der Waals surface area contributed by atoms with Crippen molar-refractivity contribution in [3.63, 3.8) is 0 Å². The maximum absolute atomic E-state index is 12.4. The smallest absolute Gasteiger partial charge is 0.250 e. The van der Waals surface area contributed by atoms with Crippen molar-refractivity contribution in [2.45, 2.75) is 24.5 Å². The summed E-state index contributed by atoms with van der Waals surface area (Å²) < 4.78 is 32.9. The summed E-state index contributed by atoms with van der Waals surface area (Å²) >= 11 is 2.75. The number of nitrogens with one attached hydrogen (secondary N) is 2. The molecule has 0 fully saturated rings. The van der Waals surface area contributed by atoms with Crippen LogP contribution < -0.4 is 10.0 Å². The lowest BCUT2D eigenvalue weighted by Crippen LogP contribution is -2.25. The molecule has 0 radical (unpaired) electrons. The average molecular weight is 438 g/mol. The molecule has 0 unspecified atom stereocenters. The largest absolute Gasteiger partial charge is 0.354 e. The molecule has 0 aliphatic heterocycles. The molecule has 148 valence electrons. The number of rotatable bonds is 8. The van der Waals surface area contributed by atoms with Gasteiger partial charge < -0.3 is 9.84 Å². The van der Waals surface area contributed by atoms with Crippen LogP contribution in [0.4, 0.5) is 5.69 Å². The number of aryl methyl sites for hydroxylation is 1.